The van der Waals surface area contributed by atoms with Gasteiger partial charge in [0.2, 0.25) is 0 Å². The number of nitrogens with zero attached hydrogens (tertiary/aromatic N) is 2. The summed E-state index contributed by atoms with van der Waals surface area (Å²) >= 11 is 0. The number of hydrogen-bond donors (Lipinski definition) is 1. The first-order chi connectivity index (χ1) is 8.24. The van der Waals surface area contributed by atoms with E-state index in [2.05, 4.69) is 28.2 Å². The van der Waals surface area contributed by atoms with E-state index in [1.54, 1.807) is 7.11 Å². The third kappa shape index (κ3) is 2.69. The minimum Gasteiger partial charge on any atom is -0.379 e. The van der Waals surface area contributed by atoms with E-state index in [4.69, 9.17) is 4.74 Å². The lowest BCUT2D eigenvalue weighted by atomic mass is 9.96. The van der Waals surface area contributed by atoms with E-state index in [9.17, 15) is 0 Å². The molecule has 1 N–H and O–H groups in total. The third-order valence-electron chi connectivity index (χ3n) is 3.51. The Labute approximate surface area is 103 Å². The SMILES string of the molecule is CNc1cccc(N2CCC(C)C(OC)C2)n1. The summed E-state index contributed by atoms with van der Waals surface area (Å²) in [6.07, 6.45) is 1.47. The molecule has 4 heteroatoms. The molecule has 17 heavy (non-hydrogen) atoms. The van der Waals surface area contributed by atoms with Gasteiger partial charge in [0.25, 0.3) is 0 Å². The van der Waals surface area contributed by atoms with Crippen LogP contribution < -0.4 is 10.2 Å². The van der Waals surface area contributed by atoms with Gasteiger partial charge in [-0.2, -0.15) is 0 Å². The van der Waals surface area contributed by atoms with E-state index >= 15 is 0 Å². The number of rotatable bonds is 3. The number of ether oxygens (including phenoxy) is 1. The Balaban J connectivity index is 2.11. The summed E-state index contributed by atoms with van der Waals surface area (Å²) in [5.41, 5.74) is 0. The zero-order valence-corrected chi connectivity index (χ0v) is 10.8. The molecule has 1 saturated heterocycles. The molecular formula is C13H21N3O. The van der Waals surface area contributed by atoms with Gasteiger partial charge >= 0.3 is 0 Å². The summed E-state index contributed by atoms with van der Waals surface area (Å²) in [5, 5.41) is 3.07. The Morgan fingerprint density at radius 3 is 3.00 bits per heavy atom. The van der Waals surface area contributed by atoms with Crippen molar-refractivity contribution < 1.29 is 4.74 Å². The lowest BCUT2D eigenvalue weighted by molar-refractivity contribution is 0.0496. The van der Waals surface area contributed by atoms with Crippen molar-refractivity contribution in [3.8, 4) is 0 Å². The lowest BCUT2D eigenvalue weighted by Gasteiger charge is -2.37. The standard InChI is InChI=1S/C13H21N3O/c1-10-7-8-16(9-11(10)17-3)13-6-4-5-12(14-2)15-13/h4-6,10-11H,7-9H2,1-3H3,(H,14,15). The molecule has 0 aromatic carbocycles. The first-order valence-electron chi connectivity index (χ1n) is 6.17. The molecule has 1 fully saturated rings. The summed E-state index contributed by atoms with van der Waals surface area (Å²) in [6, 6.07) is 6.07. The van der Waals surface area contributed by atoms with Crippen LogP contribution in [0, 0.1) is 5.92 Å². The molecule has 4 nitrogen and oxygen atoms in total. The van der Waals surface area contributed by atoms with Crippen LogP contribution >= 0.6 is 0 Å². The largest absolute Gasteiger partial charge is 0.379 e. The first kappa shape index (κ1) is 12.2. The maximum Gasteiger partial charge on any atom is 0.131 e. The zero-order chi connectivity index (χ0) is 12.3. The van der Waals surface area contributed by atoms with Crippen molar-refractivity contribution in [3.05, 3.63) is 18.2 Å². The number of piperidine rings is 1. The van der Waals surface area contributed by atoms with E-state index in [1.165, 1.54) is 0 Å². The van der Waals surface area contributed by atoms with Crippen molar-refractivity contribution in [2.75, 3.05) is 37.5 Å². The molecule has 0 amide bonds. The van der Waals surface area contributed by atoms with Crippen LogP contribution in [0.4, 0.5) is 11.6 Å². The minimum absolute atomic E-state index is 0.309. The van der Waals surface area contributed by atoms with Crippen molar-refractivity contribution in [1.29, 1.82) is 0 Å². The van der Waals surface area contributed by atoms with Crippen LogP contribution in [0.2, 0.25) is 0 Å². The van der Waals surface area contributed by atoms with Gasteiger partial charge in [-0.3, -0.25) is 0 Å². The van der Waals surface area contributed by atoms with Crippen molar-refractivity contribution >= 4 is 11.6 Å². The lowest BCUT2D eigenvalue weighted by Crippen LogP contribution is -2.44. The van der Waals surface area contributed by atoms with Gasteiger partial charge in [0.15, 0.2) is 0 Å². The van der Waals surface area contributed by atoms with Crippen molar-refractivity contribution in [2.45, 2.75) is 19.4 Å². The normalized spacial score (nSPS) is 24.8. The molecule has 2 rings (SSSR count). The first-order valence-corrected chi connectivity index (χ1v) is 6.17. The van der Waals surface area contributed by atoms with Crippen LogP contribution in [0.1, 0.15) is 13.3 Å². The Morgan fingerprint density at radius 1 is 1.47 bits per heavy atom. The smallest absolute Gasteiger partial charge is 0.131 e. The molecule has 1 aliphatic heterocycles. The van der Waals surface area contributed by atoms with Gasteiger partial charge in [-0.25, -0.2) is 4.98 Å². The van der Waals surface area contributed by atoms with Crippen LogP contribution in [-0.4, -0.2) is 38.3 Å². The van der Waals surface area contributed by atoms with Crippen molar-refractivity contribution in [1.82, 2.24) is 4.98 Å². The van der Waals surface area contributed by atoms with Crippen LogP contribution in [0.3, 0.4) is 0 Å². The number of nitrogens with one attached hydrogen (secondary N) is 1. The molecule has 0 radical (unpaired) electrons. The fourth-order valence-electron chi connectivity index (χ4n) is 2.29. The fraction of sp³-hybridized carbons (Fsp3) is 0.615. The number of aromatic nitrogens is 1. The molecule has 0 saturated carbocycles. The topological polar surface area (TPSA) is 37.4 Å². The van der Waals surface area contributed by atoms with Crippen LogP contribution in [-0.2, 0) is 4.74 Å². The average Bonchev–Trinajstić information content (AvgIpc) is 2.39. The van der Waals surface area contributed by atoms with Gasteiger partial charge in [-0.1, -0.05) is 13.0 Å². The van der Waals surface area contributed by atoms with E-state index in [1.807, 2.05) is 19.2 Å². The second kappa shape index (κ2) is 5.36. The second-order valence-corrected chi connectivity index (χ2v) is 4.62. The van der Waals surface area contributed by atoms with E-state index < -0.39 is 0 Å². The highest BCUT2D eigenvalue weighted by Crippen LogP contribution is 2.24. The average molecular weight is 235 g/mol. The Hall–Kier alpha value is -1.29. The highest BCUT2D eigenvalue weighted by Gasteiger charge is 2.26. The van der Waals surface area contributed by atoms with Gasteiger partial charge in [0.1, 0.15) is 11.6 Å². The predicted octanol–water partition coefficient (Wildman–Crippen LogP) is 1.98. The highest BCUT2D eigenvalue weighted by molar-refractivity contribution is 5.47. The van der Waals surface area contributed by atoms with Gasteiger partial charge in [0.05, 0.1) is 6.10 Å². The molecular weight excluding hydrogens is 214 g/mol. The van der Waals surface area contributed by atoms with Crippen molar-refractivity contribution in [2.24, 2.45) is 5.92 Å². The van der Waals surface area contributed by atoms with E-state index in [0.717, 1.165) is 31.1 Å². The van der Waals surface area contributed by atoms with Crippen LogP contribution in [0.15, 0.2) is 18.2 Å². The molecule has 2 unspecified atom stereocenters. The Bertz CT molecular complexity index is 369. The Morgan fingerprint density at radius 2 is 2.29 bits per heavy atom. The highest BCUT2D eigenvalue weighted by atomic mass is 16.5. The molecule has 1 aliphatic rings. The third-order valence-corrected chi connectivity index (χ3v) is 3.51. The fourth-order valence-corrected chi connectivity index (χ4v) is 2.29. The maximum absolute atomic E-state index is 5.53. The number of pyridine rings is 1. The minimum atomic E-state index is 0.309. The quantitative estimate of drug-likeness (QED) is 0.869. The van der Waals surface area contributed by atoms with E-state index in [0.29, 0.717) is 12.0 Å². The number of methoxy groups -OCH3 is 1. The summed E-state index contributed by atoms with van der Waals surface area (Å²) in [6.45, 7) is 4.24. The van der Waals surface area contributed by atoms with Crippen LogP contribution in [0.25, 0.3) is 0 Å². The molecule has 1 aromatic rings. The van der Waals surface area contributed by atoms with Crippen LogP contribution in [0.5, 0.6) is 0 Å². The summed E-state index contributed by atoms with van der Waals surface area (Å²) in [4.78, 5) is 6.87. The summed E-state index contributed by atoms with van der Waals surface area (Å²) in [7, 11) is 3.68. The van der Waals surface area contributed by atoms with Gasteiger partial charge in [-0.05, 0) is 24.5 Å². The molecule has 0 aliphatic carbocycles. The Kier molecular flexibility index (Phi) is 3.84. The van der Waals surface area contributed by atoms with Crippen molar-refractivity contribution in [3.63, 3.8) is 0 Å². The molecule has 94 valence electrons. The summed E-state index contributed by atoms with van der Waals surface area (Å²) < 4.78 is 5.53. The van der Waals surface area contributed by atoms with Gasteiger partial charge < -0.3 is 15.0 Å². The molecule has 2 heterocycles. The molecule has 0 spiro atoms. The number of hydrogen-bond acceptors (Lipinski definition) is 4. The maximum atomic E-state index is 5.53. The predicted molar refractivity (Wildman–Crippen MR) is 70.6 cm³/mol. The number of anilines is 2. The van der Waals surface area contributed by atoms with E-state index in [-0.39, 0.29) is 0 Å². The zero-order valence-electron chi connectivity index (χ0n) is 10.8. The molecule has 1 aromatic heterocycles. The second-order valence-electron chi connectivity index (χ2n) is 4.62. The summed E-state index contributed by atoms with van der Waals surface area (Å²) in [5.74, 6) is 2.57. The van der Waals surface area contributed by atoms with Gasteiger partial charge in [-0.15, -0.1) is 0 Å². The monoisotopic (exact) mass is 235 g/mol. The van der Waals surface area contributed by atoms with Gasteiger partial charge in [0, 0.05) is 27.2 Å². The molecule has 0 bridgehead atoms. The molecule has 2 atom stereocenters.